The molecule has 0 aromatic heterocycles. The summed E-state index contributed by atoms with van der Waals surface area (Å²) in [5.41, 5.74) is 0.969. The number of benzene rings is 3. The summed E-state index contributed by atoms with van der Waals surface area (Å²) < 4.78 is 55.1. The van der Waals surface area contributed by atoms with Gasteiger partial charge in [0.1, 0.15) is 0 Å². The molecule has 1 aliphatic heterocycles. The Bertz CT molecular complexity index is 1360. The Morgan fingerprint density at radius 3 is 2.00 bits per heavy atom. The lowest BCUT2D eigenvalue weighted by atomic mass is 10.2. The average Bonchev–Trinajstić information content (AvgIpc) is 3.18. The number of nitrogens with one attached hydrogen (secondary N) is 1. The maximum Gasteiger partial charge on any atom is 0.278 e. The number of anilines is 3. The zero-order valence-corrected chi connectivity index (χ0v) is 21.6. The van der Waals surface area contributed by atoms with Gasteiger partial charge in [0, 0.05) is 44.1 Å². The van der Waals surface area contributed by atoms with E-state index in [-0.39, 0.29) is 21.2 Å². The minimum absolute atomic E-state index is 0.00260. The molecule has 3 aromatic rings. The Morgan fingerprint density at radius 2 is 1.37 bits per heavy atom. The molecular formula is C24H27ClN4O4S2. The highest BCUT2D eigenvalue weighted by atomic mass is 35.5. The topological polar surface area (TPSA) is 90.0 Å². The lowest BCUT2D eigenvalue weighted by Gasteiger charge is -2.29. The number of nitrogens with zero attached hydrogens (tertiary/aromatic N) is 3. The summed E-state index contributed by atoms with van der Waals surface area (Å²) in [6.07, 6.45) is 0.930. The van der Waals surface area contributed by atoms with Crippen molar-refractivity contribution in [3.63, 3.8) is 0 Å². The lowest BCUT2D eigenvalue weighted by Crippen LogP contribution is -2.31. The number of hydrogen-bond donors (Lipinski definition) is 1. The van der Waals surface area contributed by atoms with Crippen LogP contribution in [0, 0.1) is 0 Å². The first kappa shape index (κ1) is 25.3. The highest BCUT2D eigenvalue weighted by molar-refractivity contribution is 7.94. The Morgan fingerprint density at radius 1 is 0.771 bits per heavy atom. The van der Waals surface area contributed by atoms with Crippen molar-refractivity contribution in [3.8, 4) is 0 Å². The van der Waals surface area contributed by atoms with E-state index in [0.29, 0.717) is 3.82 Å². The van der Waals surface area contributed by atoms with Crippen LogP contribution < -0.4 is 18.3 Å². The van der Waals surface area contributed by atoms with Crippen LogP contribution in [0.15, 0.2) is 88.7 Å². The van der Waals surface area contributed by atoms with E-state index in [1.165, 1.54) is 31.3 Å². The van der Waals surface area contributed by atoms with E-state index in [1.807, 2.05) is 0 Å². The van der Waals surface area contributed by atoms with Crippen molar-refractivity contribution in [1.82, 2.24) is 5.32 Å². The Kier molecular flexibility index (Phi) is 7.56. The molecule has 0 radical (unpaired) electrons. The van der Waals surface area contributed by atoms with E-state index in [9.17, 15) is 16.8 Å². The van der Waals surface area contributed by atoms with Gasteiger partial charge >= 0.3 is 0 Å². The van der Waals surface area contributed by atoms with E-state index in [1.54, 1.807) is 54.6 Å². The fourth-order valence-electron chi connectivity index (χ4n) is 3.91. The predicted molar refractivity (Wildman–Crippen MR) is 140 cm³/mol. The normalized spacial score (nSPS) is 14.9. The van der Waals surface area contributed by atoms with Gasteiger partial charge in [-0.3, -0.25) is 4.31 Å². The summed E-state index contributed by atoms with van der Waals surface area (Å²) in [5, 5.41) is 3.34. The zero-order chi connectivity index (χ0) is 25.1. The van der Waals surface area contributed by atoms with Crippen LogP contribution >= 0.6 is 11.8 Å². The quantitative estimate of drug-likeness (QED) is 0.465. The highest BCUT2D eigenvalue weighted by Gasteiger charge is 2.31. The minimum atomic E-state index is -4.15. The Balaban J connectivity index is 1.83. The largest absolute Gasteiger partial charge is 0.370 e. The Hall–Kier alpha value is -2.79. The molecule has 1 fully saturated rings. The summed E-state index contributed by atoms with van der Waals surface area (Å²) in [4.78, 5) is 2.22. The second-order valence-electron chi connectivity index (χ2n) is 8.08. The van der Waals surface area contributed by atoms with Crippen LogP contribution in [0.4, 0.5) is 17.1 Å². The third-order valence-electron chi connectivity index (χ3n) is 5.85. The van der Waals surface area contributed by atoms with Gasteiger partial charge in [-0.15, -0.1) is 0 Å². The molecule has 1 heterocycles. The molecule has 1 aliphatic rings. The molecule has 3 aromatic carbocycles. The average molecular weight is 535 g/mol. The highest BCUT2D eigenvalue weighted by Crippen LogP contribution is 2.39. The van der Waals surface area contributed by atoms with Gasteiger partial charge < -0.3 is 10.2 Å². The van der Waals surface area contributed by atoms with E-state index in [4.69, 9.17) is 11.8 Å². The van der Waals surface area contributed by atoms with E-state index in [0.717, 1.165) is 42.6 Å². The fraction of sp³-hybridized carbons (Fsp3) is 0.250. The standard InChI is InChI=1S/C24H27ClN4O4S2/c1-27(34(30,31)21-9-4-2-5-10-21)24-19-20(28-17-8-15-26-16-18-28)13-14-23(24)29(25)35(32,33)22-11-6-3-7-12-22/h2-7,9-14,19,26H,8,15-18H2,1H3. The van der Waals surface area contributed by atoms with Crippen LogP contribution in [0.5, 0.6) is 0 Å². The van der Waals surface area contributed by atoms with E-state index < -0.39 is 20.0 Å². The monoisotopic (exact) mass is 534 g/mol. The van der Waals surface area contributed by atoms with E-state index >= 15 is 0 Å². The first-order valence-corrected chi connectivity index (χ1v) is 14.3. The van der Waals surface area contributed by atoms with Crippen molar-refractivity contribution in [1.29, 1.82) is 0 Å². The second kappa shape index (κ2) is 10.4. The third kappa shape index (κ3) is 5.25. The molecule has 4 rings (SSSR count). The van der Waals surface area contributed by atoms with Crippen LogP contribution in [0.25, 0.3) is 0 Å². The molecule has 8 nitrogen and oxygen atoms in total. The van der Waals surface area contributed by atoms with Gasteiger partial charge in [-0.05, 0) is 55.4 Å². The summed E-state index contributed by atoms with van der Waals surface area (Å²) >= 11 is 6.44. The molecule has 0 saturated carbocycles. The third-order valence-corrected chi connectivity index (χ3v) is 9.85. The van der Waals surface area contributed by atoms with Gasteiger partial charge in [-0.1, -0.05) is 36.4 Å². The smallest absolute Gasteiger partial charge is 0.278 e. The summed E-state index contributed by atoms with van der Waals surface area (Å²) in [6, 6.07) is 20.8. The minimum Gasteiger partial charge on any atom is -0.370 e. The molecule has 0 bridgehead atoms. The van der Waals surface area contributed by atoms with Crippen molar-refractivity contribution in [2.75, 3.05) is 46.3 Å². The lowest BCUT2D eigenvalue weighted by molar-refractivity contribution is 0.593. The van der Waals surface area contributed by atoms with Gasteiger partial charge in [0.05, 0.1) is 21.2 Å². The van der Waals surface area contributed by atoms with Gasteiger partial charge in [-0.2, -0.15) is 12.2 Å². The second-order valence-corrected chi connectivity index (χ2v) is 12.4. The molecule has 1 saturated heterocycles. The van der Waals surface area contributed by atoms with Gasteiger partial charge in [-0.25, -0.2) is 8.42 Å². The SMILES string of the molecule is CN(c1cc(N2CCCNCC2)ccc1N(Cl)S(=O)(=O)c1ccccc1)S(=O)(=O)c1ccccc1. The van der Waals surface area contributed by atoms with Crippen LogP contribution in [0.1, 0.15) is 6.42 Å². The number of hydrogen-bond acceptors (Lipinski definition) is 6. The summed E-state index contributed by atoms with van der Waals surface area (Å²) in [7, 11) is -6.74. The molecule has 35 heavy (non-hydrogen) atoms. The number of sulfonamides is 2. The Labute approximate surface area is 211 Å². The molecule has 186 valence electrons. The van der Waals surface area contributed by atoms with Gasteiger partial charge in [0.25, 0.3) is 20.0 Å². The molecule has 0 amide bonds. The van der Waals surface area contributed by atoms with Crippen LogP contribution in [0.3, 0.4) is 0 Å². The fourth-order valence-corrected chi connectivity index (χ4v) is 6.61. The maximum atomic E-state index is 13.5. The predicted octanol–water partition coefficient (Wildman–Crippen LogP) is 3.66. The summed E-state index contributed by atoms with van der Waals surface area (Å²) in [5.74, 6) is 0. The molecule has 0 atom stereocenters. The van der Waals surface area contributed by atoms with Gasteiger partial charge in [0.2, 0.25) is 0 Å². The first-order valence-electron chi connectivity index (χ1n) is 11.1. The van der Waals surface area contributed by atoms with Crippen molar-refractivity contribution >= 4 is 48.9 Å². The molecule has 0 unspecified atom stereocenters. The molecule has 0 aliphatic carbocycles. The van der Waals surface area contributed by atoms with Gasteiger partial charge in [0.15, 0.2) is 0 Å². The molecule has 11 heteroatoms. The van der Waals surface area contributed by atoms with Crippen LogP contribution in [-0.4, -0.2) is 50.1 Å². The molecular weight excluding hydrogens is 508 g/mol. The van der Waals surface area contributed by atoms with Crippen molar-refractivity contribution in [3.05, 3.63) is 78.9 Å². The van der Waals surface area contributed by atoms with Crippen LogP contribution in [-0.2, 0) is 20.0 Å². The zero-order valence-electron chi connectivity index (χ0n) is 19.2. The number of halogens is 1. The van der Waals surface area contributed by atoms with E-state index in [2.05, 4.69) is 10.2 Å². The van der Waals surface area contributed by atoms with Crippen molar-refractivity contribution in [2.24, 2.45) is 0 Å². The van der Waals surface area contributed by atoms with Crippen LogP contribution in [0.2, 0.25) is 0 Å². The molecule has 1 N–H and O–H groups in total. The first-order chi connectivity index (χ1) is 16.7. The molecule has 0 spiro atoms. The number of rotatable bonds is 7. The summed E-state index contributed by atoms with van der Waals surface area (Å²) in [6.45, 7) is 3.21. The van der Waals surface area contributed by atoms with Crippen molar-refractivity contribution < 1.29 is 16.8 Å². The maximum absolute atomic E-state index is 13.5. The van der Waals surface area contributed by atoms with Crippen molar-refractivity contribution in [2.45, 2.75) is 16.2 Å².